The molecule has 1 aromatic rings. The van der Waals surface area contributed by atoms with E-state index in [1.165, 1.54) is 11.3 Å². The summed E-state index contributed by atoms with van der Waals surface area (Å²) < 4.78 is 0. The molecule has 0 unspecified atom stereocenters. The van der Waals surface area contributed by atoms with Crippen molar-refractivity contribution in [3.8, 4) is 0 Å². The summed E-state index contributed by atoms with van der Waals surface area (Å²) >= 11 is 1.17. The minimum atomic E-state index is -1.01. The van der Waals surface area contributed by atoms with Gasteiger partial charge in [-0.3, -0.25) is 4.79 Å². The standard InChI is InChI=1S/C15H22N2O3S/c1-15(2,3)14-17-10(12(21-14)13(19)20)8-11(18)16-9-6-4-5-7-9/h9H,4-8H2,1-3H3,(H,16,18)(H,19,20). The second-order valence-electron chi connectivity index (χ2n) is 6.58. The van der Waals surface area contributed by atoms with Gasteiger partial charge >= 0.3 is 5.97 Å². The summed E-state index contributed by atoms with van der Waals surface area (Å²) in [6, 6.07) is 0.242. The predicted molar refractivity (Wildman–Crippen MR) is 81.9 cm³/mol. The number of hydrogen-bond donors (Lipinski definition) is 2. The minimum Gasteiger partial charge on any atom is -0.477 e. The molecule has 1 fully saturated rings. The molecule has 21 heavy (non-hydrogen) atoms. The van der Waals surface area contributed by atoms with Gasteiger partial charge in [0.05, 0.1) is 17.1 Å². The molecule has 1 aliphatic carbocycles. The van der Waals surface area contributed by atoms with Gasteiger partial charge in [-0.2, -0.15) is 0 Å². The fraction of sp³-hybridized carbons (Fsp3) is 0.667. The van der Waals surface area contributed by atoms with Crippen LogP contribution >= 0.6 is 11.3 Å². The van der Waals surface area contributed by atoms with Gasteiger partial charge in [-0.05, 0) is 12.8 Å². The van der Waals surface area contributed by atoms with Crippen LogP contribution in [0.1, 0.15) is 66.8 Å². The Labute approximate surface area is 128 Å². The van der Waals surface area contributed by atoms with Gasteiger partial charge in [0, 0.05) is 11.5 Å². The van der Waals surface area contributed by atoms with Crippen LogP contribution in [0.25, 0.3) is 0 Å². The molecule has 1 aliphatic rings. The fourth-order valence-electron chi connectivity index (χ4n) is 2.46. The lowest BCUT2D eigenvalue weighted by Gasteiger charge is -2.13. The molecule has 1 heterocycles. The molecule has 1 saturated carbocycles. The highest BCUT2D eigenvalue weighted by atomic mass is 32.1. The molecule has 1 amide bonds. The number of amides is 1. The Balaban J connectivity index is 2.12. The summed E-state index contributed by atoms with van der Waals surface area (Å²) in [7, 11) is 0. The molecule has 2 rings (SSSR count). The summed E-state index contributed by atoms with van der Waals surface area (Å²) in [6.07, 6.45) is 4.38. The number of carbonyl (C=O) groups excluding carboxylic acids is 1. The Morgan fingerprint density at radius 2 is 1.95 bits per heavy atom. The van der Waals surface area contributed by atoms with Crippen molar-refractivity contribution in [3.05, 3.63) is 15.6 Å². The average Bonchev–Trinajstić information content (AvgIpc) is 2.96. The summed E-state index contributed by atoms with van der Waals surface area (Å²) in [6.45, 7) is 5.96. The van der Waals surface area contributed by atoms with E-state index in [0.29, 0.717) is 5.69 Å². The molecule has 6 heteroatoms. The highest BCUT2D eigenvalue weighted by Gasteiger charge is 2.26. The van der Waals surface area contributed by atoms with Crippen LogP contribution in [0.4, 0.5) is 0 Å². The average molecular weight is 310 g/mol. The van der Waals surface area contributed by atoms with Gasteiger partial charge in [-0.15, -0.1) is 11.3 Å². The van der Waals surface area contributed by atoms with Crippen LogP contribution in [0.3, 0.4) is 0 Å². The van der Waals surface area contributed by atoms with Crippen molar-refractivity contribution in [2.45, 2.75) is 64.3 Å². The maximum absolute atomic E-state index is 12.1. The molecular weight excluding hydrogens is 288 g/mol. The van der Waals surface area contributed by atoms with E-state index in [1.54, 1.807) is 0 Å². The van der Waals surface area contributed by atoms with Gasteiger partial charge in [0.25, 0.3) is 0 Å². The lowest BCUT2D eigenvalue weighted by Crippen LogP contribution is -2.34. The minimum absolute atomic E-state index is 0.0463. The monoisotopic (exact) mass is 310 g/mol. The molecule has 5 nitrogen and oxygen atoms in total. The Hall–Kier alpha value is -1.43. The lowest BCUT2D eigenvalue weighted by molar-refractivity contribution is -0.121. The van der Waals surface area contributed by atoms with Crippen molar-refractivity contribution in [3.63, 3.8) is 0 Å². The van der Waals surface area contributed by atoms with E-state index in [-0.39, 0.29) is 28.7 Å². The molecule has 2 N–H and O–H groups in total. The maximum atomic E-state index is 12.1. The first-order valence-electron chi connectivity index (χ1n) is 7.30. The van der Waals surface area contributed by atoms with Crippen LogP contribution in [0.2, 0.25) is 0 Å². The van der Waals surface area contributed by atoms with Crippen molar-refractivity contribution in [1.82, 2.24) is 10.3 Å². The number of carboxylic acid groups (broad SMARTS) is 1. The quantitative estimate of drug-likeness (QED) is 0.896. The number of nitrogens with zero attached hydrogens (tertiary/aromatic N) is 1. The SMILES string of the molecule is CC(C)(C)c1nc(CC(=O)NC2CCCC2)c(C(=O)O)s1. The van der Waals surface area contributed by atoms with Crippen molar-refractivity contribution < 1.29 is 14.7 Å². The molecular formula is C15H22N2O3S. The molecule has 0 saturated heterocycles. The van der Waals surface area contributed by atoms with E-state index in [1.807, 2.05) is 20.8 Å². The second kappa shape index (κ2) is 6.13. The van der Waals surface area contributed by atoms with Gasteiger partial charge in [-0.25, -0.2) is 9.78 Å². The maximum Gasteiger partial charge on any atom is 0.347 e. The molecule has 0 spiro atoms. The lowest BCUT2D eigenvalue weighted by atomic mass is 9.98. The number of aromatic nitrogens is 1. The van der Waals surface area contributed by atoms with Gasteiger partial charge in [-0.1, -0.05) is 33.6 Å². The van der Waals surface area contributed by atoms with Crippen LogP contribution < -0.4 is 5.32 Å². The summed E-state index contributed by atoms with van der Waals surface area (Å²) in [4.78, 5) is 28.0. The van der Waals surface area contributed by atoms with E-state index >= 15 is 0 Å². The number of rotatable bonds is 4. The summed E-state index contributed by atoms with van der Waals surface area (Å²) in [5.41, 5.74) is 0.169. The van der Waals surface area contributed by atoms with Crippen LogP contribution in [0.5, 0.6) is 0 Å². The van der Waals surface area contributed by atoms with E-state index in [0.717, 1.165) is 30.7 Å². The van der Waals surface area contributed by atoms with Crippen LogP contribution in [0.15, 0.2) is 0 Å². The fourth-order valence-corrected chi connectivity index (χ4v) is 3.44. The van der Waals surface area contributed by atoms with Crippen molar-refractivity contribution in [2.75, 3.05) is 0 Å². The van der Waals surface area contributed by atoms with Crippen LogP contribution in [-0.4, -0.2) is 28.0 Å². The summed E-state index contributed by atoms with van der Waals surface area (Å²) in [5.74, 6) is -1.14. The van der Waals surface area contributed by atoms with Crippen molar-refractivity contribution >= 4 is 23.2 Å². The van der Waals surface area contributed by atoms with E-state index in [9.17, 15) is 14.7 Å². The third-order valence-electron chi connectivity index (χ3n) is 3.58. The Morgan fingerprint density at radius 1 is 1.33 bits per heavy atom. The zero-order valence-electron chi connectivity index (χ0n) is 12.7. The number of nitrogens with one attached hydrogen (secondary N) is 1. The topological polar surface area (TPSA) is 79.3 Å². The van der Waals surface area contributed by atoms with E-state index in [4.69, 9.17) is 0 Å². The molecule has 0 bridgehead atoms. The number of hydrogen-bond acceptors (Lipinski definition) is 4. The smallest absolute Gasteiger partial charge is 0.347 e. The third kappa shape index (κ3) is 4.03. The third-order valence-corrected chi connectivity index (χ3v) is 5.09. The highest BCUT2D eigenvalue weighted by Crippen LogP contribution is 2.29. The first kappa shape index (κ1) is 15.9. The molecule has 0 aliphatic heterocycles. The first-order valence-corrected chi connectivity index (χ1v) is 8.12. The number of aromatic carboxylic acids is 1. The Morgan fingerprint density at radius 3 is 2.48 bits per heavy atom. The zero-order chi connectivity index (χ0) is 15.6. The second-order valence-corrected chi connectivity index (χ2v) is 7.57. The van der Waals surface area contributed by atoms with Crippen molar-refractivity contribution in [2.24, 2.45) is 0 Å². The Kier molecular flexibility index (Phi) is 4.66. The molecule has 0 atom stereocenters. The molecule has 1 aromatic heterocycles. The van der Waals surface area contributed by atoms with Gasteiger partial charge in [0.1, 0.15) is 4.88 Å². The Bertz CT molecular complexity index is 540. The number of carboxylic acids is 1. The van der Waals surface area contributed by atoms with Gasteiger partial charge in [0.15, 0.2) is 0 Å². The number of carbonyl (C=O) groups is 2. The summed E-state index contributed by atoms with van der Waals surface area (Å²) in [5, 5.41) is 13.0. The van der Waals surface area contributed by atoms with Gasteiger partial charge in [0.2, 0.25) is 5.91 Å². The van der Waals surface area contributed by atoms with E-state index < -0.39 is 5.97 Å². The normalized spacial score (nSPS) is 16.1. The largest absolute Gasteiger partial charge is 0.477 e. The molecule has 0 aromatic carbocycles. The van der Waals surface area contributed by atoms with E-state index in [2.05, 4.69) is 10.3 Å². The molecule has 0 radical (unpaired) electrons. The van der Waals surface area contributed by atoms with Crippen LogP contribution in [-0.2, 0) is 16.6 Å². The van der Waals surface area contributed by atoms with Crippen molar-refractivity contribution in [1.29, 1.82) is 0 Å². The molecule has 116 valence electrons. The predicted octanol–water partition coefficient (Wildman–Crippen LogP) is 2.74. The van der Waals surface area contributed by atoms with Crippen LogP contribution in [0, 0.1) is 0 Å². The van der Waals surface area contributed by atoms with Gasteiger partial charge < -0.3 is 10.4 Å². The zero-order valence-corrected chi connectivity index (χ0v) is 13.5. The highest BCUT2D eigenvalue weighted by molar-refractivity contribution is 7.13. The number of thiazole rings is 1. The first-order chi connectivity index (χ1) is 9.77.